The first-order valence-corrected chi connectivity index (χ1v) is 20.3. The fraction of sp³-hybridized carbons (Fsp3) is 0.0185. The van der Waals surface area contributed by atoms with Gasteiger partial charge in [-0.05, 0) is 98.1 Å². The zero-order valence-corrected chi connectivity index (χ0v) is 32.1. The molecular formula is C54H33N3S. The highest BCUT2D eigenvalue weighted by atomic mass is 32.2. The monoisotopic (exact) mass is 755 g/mol. The summed E-state index contributed by atoms with van der Waals surface area (Å²) in [5, 5.41) is 10.1. The first kappa shape index (κ1) is 34.0. The smallest absolute Gasteiger partial charge is 0.160 e. The van der Waals surface area contributed by atoms with Gasteiger partial charge in [0.1, 0.15) is 0 Å². The first-order valence-electron chi connectivity index (χ1n) is 19.4. The Labute approximate surface area is 342 Å². The van der Waals surface area contributed by atoms with Gasteiger partial charge in [0.15, 0.2) is 5.82 Å². The summed E-state index contributed by atoms with van der Waals surface area (Å²) >= 11 is 1.84. The van der Waals surface area contributed by atoms with Crippen LogP contribution in [-0.2, 0) is 5.41 Å². The van der Waals surface area contributed by atoms with Crippen molar-refractivity contribution in [1.82, 2.24) is 9.97 Å². The van der Waals surface area contributed by atoms with Gasteiger partial charge >= 0.3 is 0 Å². The molecule has 1 aliphatic heterocycles. The van der Waals surface area contributed by atoms with Crippen LogP contribution >= 0.6 is 11.8 Å². The minimum atomic E-state index is -0.498. The average molecular weight is 756 g/mol. The lowest BCUT2D eigenvalue weighted by molar-refractivity contribution is 0.722. The van der Waals surface area contributed by atoms with Crippen LogP contribution < -0.4 is 0 Å². The Morgan fingerprint density at radius 3 is 1.57 bits per heavy atom. The summed E-state index contributed by atoms with van der Waals surface area (Å²) in [5.74, 6) is 0.685. The van der Waals surface area contributed by atoms with Crippen LogP contribution in [0.4, 0.5) is 0 Å². The van der Waals surface area contributed by atoms with Crippen molar-refractivity contribution in [2.75, 3.05) is 0 Å². The predicted octanol–water partition coefficient (Wildman–Crippen LogP) is 13.5. The third-order valence-electron chi connectivity index (χ3n) is 11.6. The van der Waals surface area contributed by atoms with E-state index < -0.39 is 5.41 Å². The fourth-order valence-corrected chi connectivity index (χ4v) is 10.1. The molecule has 9 aromatic rings. The summed E-state index contributed by atoms with van der Waals surface area (Å²) in [6.45, 7) is 0. The highest BCUT2D eigenvalue weighted by Crippen LogP contribution is 2.62. The van der Waals surface area contributed by atoms with Gasteiger partial charge in [-0.2, -0.15) is 5.26 Å². The molecule has 1 aliphatic carbocycles. The van der Waals surface area contributed by atoms with E-state index in [1.54, 1.807) is 0 Å². The van der Waals surface area contributed by atoms with Crippen LogP contribution in [0.3, 0.4) is 0 Å². The van der Waals surface area contributed by atoms with Gasteiger partial charge in [-0.3, -0.25) is 0 Å². The second-order valence-electron chi connectivity index (χ2n) is 14.8. The predicted molar refractivity (Wildman–Crippen MR) is 235 cm³/mol. The molecule has 3 nitrogen and oxygen atoms in total. The Morgan fingerprint density at radius 1 is 0.379 bits per heavy atom. The summed E-state index contributed by atoms with van der Waals surface area (Å²) in [5.41, 5.74) is 16.7. The zero-order valence-electron chi connectivity index (χ0n) is 31.3. The van der Waals surface area contributed by atoms with Crippen molar-refractivity contribution in [2.45, 2.75) is 15.2 Å². The van der Waals surface area contributed by atoms with Crippen LogP contribution in [-0.4, -0.2) is 9.97 Å². The molecular weight excluding hydrogens is 723 g/mol. The number of nitriles is 1. The minimum absolute atomic E-state index is 0.498. The van der Waals surface area contributed by atoms with Gasteiger partial charge in [0.05, 0.1) is 28.4 Å². The van der Waals surface area contributed by atoms with E-state index in [2.05, 4.69) is 176 Å². The van der Waals surface area contributed by atoms with Crippen LogP contribution in [0, 0.1) is 11.3 Å². The Balaban J connectivity index is 1.05. The Bertz CT molecular complexity index is 3050. The highest BCUT2D eigenvalue weighted by Gasteiger charge is 2.50. The molecule has 0 amide bonds. The molecule has 0 radical (unpaired) electrons. The zero-order chi connectivity index (χ0) is 38.6. The quantitative estimate of drug-likeness (QED) is 0.175. The number of hydrogen-bond acceptors (Lipinski definition) is 4. The summed E-state index contributed by atoms with van der Waals surface area (Å²) in [6, 6.07) is 73.2. The van der Waals surface area contributed by atoms with Crippen molar-refractivity contribution in [2.24, 2.45) is 0 Å². The van der Waals surface area contributed by atoms with Crippen molar-refractivity contribution >= 4 is 11.8 Å². The Kier molecular flexibility index (Phi) is 8.03. The summed E-state index contributed by atoms with van der Waals surface area (Å²) in [4.78, 5) is 12.8. The van der Waals surface area contributed by atoms with E-state index in [-0.39, 0.29) is 0 Å². The fourth-order valence-electron chi connectivity index (χ4n) is 8.94. The van der Waals surface area contributed by atoms with E-state index in [9.17, 15) is 5.26 Å². The van der Waals surface area contributed by atoms with E-state index in [1.165, 1.54) is 37.6 Å². The van der Waals surface area contributed by atoms with Gasteiger partial charge in [-0.1, -0.05) is 169 Å². The molecule has 1 spiro atoms. The van der Waals surface area contributed by atoms with Crippen molar-refractivity contribution in [1.29, 1.82) is 5.26 Å². The third-order valence-corrected chi connectivity index (χ3v) is 12.8. The van der Waals surface area contributed by atoms with E-state index in [0.29, 0.717) is 11.4 Å². The molecule has 0 unspecified atom stereocenters. The van der Waals surface area contributed by atoms with E-state index in [0.717, 1.165) is 55.9 Å². The lowest BCUT2D eigenvalue weighted by Gasteiger charge is -2.39. The molecule has 0 N–H and O–H groups in total. The second-order valence-corrected chi connectivity index (χ2v) is 15.9. The molecule has 58 heavy (non-hydrogen) atoms. The van der Waals surface area contributed by atoms with Gasteiger partial charge in [0.25, 0.3) is 0 Å². The molecule has 0 saturated heterocycles. The number of hydrogen-bond donors (Lipinski definition) is 0. The largest absolute Gasteiger partial charge is 0.228 e. The maximum atomic E-state index is 10.1. The van der Waals surface area contributed by atoms with Crippen molar-refractivity contribution < 1.29 is 0 Å². The third kappa shape index (κ3) is 5.44. The molecule has 0 fully saturated rings. The number of aromatic nitrogens is 2. The topological polar surface area (TPSA) is 49.6 Å². The Morgan fingerprint density at radius 2 is 0.879 bits per heavy atom. The van der Waals surface area contributed by atoms with E-state index >= 15 is 0 Å². The van der Waals surface area contributed by atoms with Crippen LogP contribution in [0.25, 0.3) is 67.3 Å². The molecule has 2 aliphatic rings. The first-order chi connectivity index (χ1) is 28.7. The molecule has 270 valence electrons. The van der Waals surface area contributed by atoms with Gasteiger partial charge in [-0.25, -0.2) is 9.97 Å². The number of nitrogens with zero attached hydrogens (tertiary/aromatic N) is 3. The van der Waals surface area contributed by atoms with Crippen molar-refractivity contribution in [3.05, 3.63) is 228 Å². The molecule has 11 rings (SSSR count). The SMILES string of the molecule is N#Cc1ccc2c(c1)-c1cc(-c3cccc(-c4cc(-c5ccc(-c6ccccc6)cc5)nc(-c5ccccc5)n4)c3)ccc1C21c2ccccc2Sc2ccccc21. The molecule has 8 aromatic carbocycles. The second kappa shape index (κ2) is 13.7. The molecule has 2 heterocycles. The molecule has 0 bridgehead atoms. The number of fused-ring (bicyclic) bond motifs is 9. The van der Waals surface area contributed by atoms with Gasteiger partial charge < -0.3 is 0 Å². The standard InChI is InChI=1S/C54H33N3S/c55-34-35-22-28-45-43(30-35)44-32-41(27-29-46(44)54(45)47-18-7-9-20-51(47)58-52-21-10-8-19-48(52)54)40-16-11-17-42(31-40)50-33-49(56-53(57-50)39-14-5-2-6-15-39)38-25-23-37(24-26-38)36-12-3-1-4-13-36/h1-33H. The van der Waals surface area contributed by atoms with Crippen LogP contribution in [0.2, 0.25) is 0 Å². The lowest BCUT2D eigenvalue weighted by Crippen LogP contribution is -2.31. The van der Waals surface area contributed by atoms with Crippen molar-refractivity contribution in [3.63, 3.8) is 0 Å². The van der Waals surface area contributed by atoms with Crippen LogP contribution in [0.15, 0.2) is 210 Å². The number of rotatable bonds is 5. The average Bonchev–Trinajstić information content (AvgIpc) is 3.58. The maximum Gasteiger partial charge on any atom is 0.160 e. The maximum absolute atomic E-state index is 10.1. The van der Waals surface area contributed by atoms with E-state index in [1.807, 2.05) is 42.1 Å². The highest BCUT2D eigenvalue weighted by molar-refractivity contribution is 7.99. The number of benzene rings is 8. The lowest BCUT2D eigenvalue weighted by atomic mass is 9.67. The summed E-state index contributed by atoms with van der Waals surface area (Å²) < 4.78 is 0. The van der Waals surface area contributed by atoms with E-state index in [4.69, 9.17) is 9.97 Å². The summed E-state index contributed by atoms with van der Waals surface area (Å²) in [6.07, 6.45) is 0. The molecule has 1 aromatic heterocycles. The van der Waals surface area contributed by atoms with Gasteiger partial charge in [-0.15, -0.1) is 0 Å². The van der Waals surface area contributed by atoms with Crippen LogP contribution in [0.1, 0.15) is 27.8 Å². The van der Waals surface area contributed by atoms with Crippen LogP contribution in [0.5, 0.6) is 0 Å². The Hall–Kier alpha value is -7.32. The van der Waals surface area contributed by atoms with Gasteiger partial charge in [0, 0.05) is 26.5 Å². The summed E-state index contributed by atoms with van der Waals surface area (Å²) in [7, 11) is 0. The normalized spacial score (nSPS) is 12.9. The molecule has 0 atom stereocenters. The molecule has 0 saturated carbocycles. The van der Waals surface area contributed by atoms with Crippen molar-refractivity contribution in [3.8, 4) is 73.4 Å². The minimum Gasteiger partial charge on any atom is -0.228 e. The molecule has 4 heteroatoms. The van der Waals surface area contributed by atoms with Gasteiger partial charge in [0.2, 0.25) is 0 Å².